The van der Waals surface area contributed by atoms with Gasteiger partial charge in [-0.1, -0.05) is 18.2 Å². The van der Waals surface area contributed by atoms with Crippen molar-refractivity contribution in [3.8, 4) is 17.2 Å². The summed E-state index contributed by atoms with van der Waals surface area (Å²) in [5.74, 6) is 3.33. The summed E-state index contributed by atoms with van der Waals surface area (Å²) in [6.45, 7) is 1.91. The zero-order chi connectivity index (χ0) is 18.0. The maximum absolute atomic E-state index is 5.63. The molecule has 26 heavy (non-hydrogen) atoms. The predicted molar refractivity (Wildman–Crippen MR) is 95.3 cm³/mol. The molecule has 0 saturated heterocycles. The highest BCUT2D eigenvalue weighted by atomic mass is 16.5. The van der Waals surface area contributed by atoms with E-state index in [1.165, 1.54) is 0 Å². The summed E-state index contributed by atoms with van der Waals surface area (Å²) < 4.78 is 21.8. The van der Waals surface area contributed by atoms with Gasteiger partial charge in [-0.3, -0.25) is 0 Å². The Balaban J connectivity index is 1.33. The minimum atomic E-state index is 0.248. The first-order valence-electron chi connectivity index (χ1n) is 8.30. The molecule has 7 heteroatoms. The fourth-order valence-electron chi connectivity index (χ4n) is 2.19. The highest BCUT2D eigenvalue weighted by molar-refractivity contribution is 5.31. The van der Waals surface area contributed by atoms with Gasteiger partial charge in [0.2, 0.25) is 5.89 Å². The van der Waals surface area contributed by atoms with E-state index < -0.39 is 0 Å². The number of methoxy groups -OCH3 is 1. The van der Waals surface area contributed by atoms with Gasteiger partial charge in [-0.15, -0.1) is 10.2 Å². The number of ether oxygens (including phenoxy) is 3. The van der Waals surface area contributed by atoms with Gasteiger partial charge in [-0.05, 0) is 36.4 Å². The third kappa shape index (κ3) is 5.49. The van der Waals surface area contributed by atoms with E-state index in [4.69, 9.17) is 18.6 Å². The molecule has 0 saturated carbocycles. The molecule has 3 rings (SSSR count). The van der Waals surface area contributed by atoms with Crippen molar-refractivity contribution in [3.63, 3.8) is 0 Å². The molecule has 0 aliphatic rings. The largest absolute Gasteiger partial charge is 0.497 e. The van der Waals surface area contributed by atoms with Crippen LogP contribution in [0.5, 0.6) is 17.2 Å². The molecular formula is C19H21N3O4. The molecular weight excluding hydrogens is 334 g/mol. The second-order valence-electron chi connectivity index (χ2n) is 5.39. The monoisotopic (exact) mass is 355 g/mol. The minimum absolute atomic E-state index is 0.248. The van der Waals surface area contributed by atoms with Crippen molar-refractivity contribution in [2.45, 2.75) is 13.2 Å². The van der Waals surface area contributed by atoms with E-state index in [-0.39, 0.29) is 6.61 Å². The lowest BCUT2D eigenvalue weighted by Crippen LogP contribution is -2.20. The Bertz CT molecular complexity index is 775. The molecule has 2 aromatic carbocycles. The van der Waals surface area contributed by atoms with E-state index in [0.717, 1.165) is 17.2 Å². The molecule has 0 unspecified atom stereocenters. The Morgan fingerprint density at radius 1 is 0.846 bits per heavy atom. The molecule has 0 spiro atoms. The normalized spacial score (nSPS) is 10.5. The fourth-order valence-corrected chi connectivity index (χ4v) is 2.19. The van der Waals surface area contributed by atoms with Gasteiger partial charge in [0.05, 0.1) is 13.7 Å². The zero-order valence-electron chi connectivity index (χ0n) is 14.6. The van der Waals surface area contributed by atoms with Crippen LogP contribution >= 0.6 is 0 Å². The van der Waals surface area contributed by atoms with E-state index in [9.17, 15) is 0 Å². The van der Waals surface area contributed by atoms with Crippen LogP contribution in [0.25, 0.3) is 0 Å². The van der Waals surface area contributed by atoms with E-state index >= 15 is 0 Å². The molecule has 136 valence electrons. The molecule has 0 aliphatic heterocycles. The highest BCUT2D eigenvalue weighted by Crippen LogP contribution is 2.16. The summed E-state index contributed by atoms with van der Waals surface area (Å²) in [5, 5.41) is 11.2. The first kappa shape index (κ1) is 17.8. The van der Waals surface area contributed by atoms with Gasteiger partial charge in [-0.25, -0.2) is 0 Å². The van der Waals surface area contributed by atoms with Crippen LogP contribution in [0.2, 0.25) is 0 Å². The number of hydrogen-bond acceptors (Lipinski definition) is 7. The average molecular weight is 355 g/mol. The van der Waals surface area contributed by atoms with Crippen LogP contribution in [0.1, 0.15) is 11.8 Å². The second-order valence-corrected chi connectivity index (χ2v) is 5.39. The van der Waals surface area contributed by atoms with Crippen molar-refractivity contribution >= 4 is 0 Å². The van der Waals surface area contributed by atoms with Gasteiger partial charge in [0.1, 0.15) is 23.9 Å². The lowest BCUT2D eigenvalue weighted by molar-refractivity contribution is 0.257. The molecule has 0 fully saturated rings. The van der Waals surface area contributed by atoms with Crippen LogP contribution in [0, 0.1) is 0 Å². The van der Waals surface area contributed by atoms with E-state index in [0.29, 0.717) is 31.5 Å². The van der Waals surface area contributed by atoms with E-state index in [1.54, 1.807) is 7.11 Å². The third-order valence-electron chi connectivity index (χ3n) is 3.50. The van der Waals surface area contributed by atoms with Crippen molar-refractivity contribution in [1.29, 1.82) is 0 Å². The number of hydrogen-bond donors (Lipinski definition) is 1. The van der Waals surface area contributed by atoms with Crippen LogP contribution < -0.4 is 19.5 Å². The topological polar surface area (TPSA) is 78.6 Å². The molecule has 0 radical (unpaired) electrons. The first-order chi connectivity index (χ1) is 12.8. The molecule has 1 N–H and O–H groups in total. The van der Waals surface area contributed by atoms with Crippen molar-refractivity contribution in [3.05, 3.63) is 66.4 Å². The molecule has 0 aliphatic carbocycles. The molecule has 0 amide bonds. The van der Waals surface area contributed by atoms with Crippen LogP contribution in [-0.2, 0) is 13.2 Å². The third-order valence-corrected chi connectivity index (χ3v) is 3.50. The van der Waals surface area contributed by atoms with E-state index in [1.807, 2.05) is 54.6 Å². The smallest absolute Gasteiger partial charge is 0.253 e. The van der Waals surface area contributed by atoms with E-state index in [2.05, 4.69) is 15.5 Å². The van der Waals surface area contributed by atoms with Crippen LogP contribution in [0.3, 0.4) is 0 Å². The van der Waals surface area contributed by atoms with Crippen LogP contribution in [0.4, 0.5) is 0 Å². The number of nitrogens with zero attached hydrogens (tertiary/aromatic N) is 2. The lowest BCUT2D eigenvalue weighted by Gasteiger charge is -2.07. The Morgan fingerprint density at radius 3 is 2.31 bits per heavy atom. The van der Waals surface area contributed by atoms with Gasteiger partial charge >= 0.3 is 0 Å². The van der Waals surface area contributed by atoms with Crippen LogP contribution in [-0.4, -0.2) is 30.5 Å². The Labute approximate surface area is 151 Å². The minimum Gasteiger partial charge on any atom is -0.497 e. The fraction of sp³-hybridized carbons (Fsp3) is 0.263. The number of nitrogens with one attached hydrogen (secondary N) is 1. The molecule has 1 aromatic heterocycles. The van der Waals surface area contributed by atoms with Gasteiger partial charge in [0.25, 0.3) is 5.89 Å². The summed E-state index contributed by atoms with van der Waals surface area (Å²) >= 11 is 0. The number of benzene rings is 2. The average Bonchev–Trinajstić information content (AvgIpc) is 3.15. The molecule has 1 heterocycles. The van der Waals surface area contributed by atoms with Gasteiger partial charge in [0, 0.05) is 6.54 Å². The molecule has 3 aromatic rings. The SMILES string of the molecule is COc1ccc(OCCNCc2nnc(COc3ccccc3)o2)cc1. The van der Waals surface area contributed by atoms with Crippen molar-refractivity contribution < 1.29 is 18.6 Å². The van der Waals surface area contributed by atoms with Gasteiger partial charge < -0.3 is 23.9 Å². The summed E-state index contributed by atoms with van der Waals surface area (Å²) in [6, 6.07) is 17.0. The Hall–Kier alpha value is -3.06. The lowest BCUT2D eigenvalue weighted by atomic mass is 10.3. The van der Waals surface area contributed by atoms with Gasteiger partial charge in [-0.2, -0.15) is 0 Å². The van der Waals surface area contributed by atoms with Crippen LogP contribution in [0.15, 0.2) is 59.0 Å². The molecule has 0 atom stereocenters. The zero-order valence-corrected chi connectivity index (χ0v) is 14.6. The Kier molecular flexibility index (Phi) is 6.44. The predicted octanol–water partition coefficient (Wildman–Crippen LogP) is 2.83. The summed E-state index contributed by atoms with van der Waals surface area (Å²) in [5.41, 5.74) is 0. The summed E-state index contributed by atoms with van der Waals surface area (Å²) in [6.07, 6.45) is 0. The maximum atomic E-state index is 5.63. The summed E-state index contributed by atoms with van der Waals surface area (Å²) in [4.78, 5) is 0. The standard InChI is InChI=1S/C19H21N3O4/c1-23-15-7-9-17(10-8-15)24-12-11-20-13-18-21-22-19(26-18)14-25-16-5-3-2-4-6-16/h2-10,20H,11-14H2,1H3. The summed E-state index contributed by atoms with van der Waals surface area (Å²) in [7, 11) is 1.64. The number of para-hydroxylation sites is 1. The van der Waals surface area contributed by atoms with Crippen molar-refractivity contribution in [2.24, 2.45) is 0 Å². The first-order valence-corrected chi connectivity index (χ1v) is 8.30. The quantitative estimate of drug-likeness (QED) is 0.560. The highest BCUT2D eigenvalue weighted by Gasteiger charge is 2.06. The Morgan fingerprint density at radius 2 is 1.54 bits per heavy atom. The molecule has 7 nitrogen and oxygen atoms in total. The second kappa shape index (κ2) is 9.43. The van der Waals surface area contributed by atoms with Crippen molar-refractivity contribution in [2.75, 3.05) is 20.3 Å². The molecule has 0 bridgehead atoms. The number of aromatic nitrogens is 2. The van der Waals surface area contributed by atoms with Gasteiger partial charge in [0.15, 0.2) is 6.61 Å². The van der Waals surface area contributed by atoms with Crippen molar-refractivity contribution in [1.82, 2.24) is 15.5 Å². The maximum Gasteiger partial charge on any atom is 0.253 e. The number of rotatable bonds is 10.